The first kappa shape index (κ1) is 12.3. The summed E-state index contributed by atoms with van der Waals surface area (Å²) in [6.07, 6.45) is 7.14. The van der Waals surface area contributed by atoms with Gasteiger partial charge in [-0.15, -0.1) is 0 Å². The molecule has 0 aromatic carbocycles. The van der Waals surface area contributed by atoms with E-state index in [1.165, 1.54) is 12.8 Å². The Bertz CT molecular complexity index is 339. The fraction of sp³-hybridized carbons (Fsp3) is 0.692. The number of rotatable bonds is 3. The molecule has 1 aromatic rings. The second kappa shape index (κ2) is 5.45. The van der Waals surface area contributed by atoms with Crippen LogP contribution < -0.4 is 10.6 Å². The van der Waals surface area contributed by atoms with E-state index in [-0.39, 0.29) is 6.04 Å². The normalized spacial score (nSPS) is 19.4. The van der Waals surface area contributed by atoms with Crippen molar-refractivity contribution in [3.8, 4) is 0 Å². The molecule has 1 aliphatic rings. The fourth-order valence-electron chi connectivity index (χ4n) is 2.20. The maximum Gasteiger partial charge on any atom is 0.225 e. The van der Waals surface area contributed by atoms with Gasteiger partial charge in [-0.1, -0.05) is 6.92 Å². The van der Waals surface area contributed by atoms with E-state index in [1.807, 2.05) is 19.3 Å². The Kier molecular flexibility index (Phi) is 3.94. The Balaban J connectivity index is 1.97. The number of aromatic nitrogens is 2. The van der Waals surface area contributed by atoms with Crippen molar-refractivity contribution in [1.29, 1.82) is 0 Å². The van der Waals surface area contributed by atoms with Gasteiger partial charge in [0.2, 0.25) is 5.95 Å². The van der Waals surface area contributed by atoms with Crippen LogP contribution in [0.15, 0.2) is 12.4 Å². The molecule has 4 nitrogen and oxygen atoms in total. The van der Waals surface area contributed by atoms with Crippen molar-refractivity contribution >= 4 is 5.95 Å². The molecule has 0 saturated carbocycles. The first-order valence-corrected chi connectivity index (χ1v) is 6.46. The molecule has 0 aliphatic carbocycles. The molecule has 17 heavy (non-hydrogen) atoms. The highest BCUT2D eigenvalue weighted by Crippen LogP contribution is 2.19. The molecule has 0 amide bonds. The zero-order chi connectivity index (χ0) is 12.3. The van der Waals surface area contributed by atoms with Gasteiger partial charge in [0.25, 0.3) is 0 Å². The summed E-state index contributed by atoms with van der Waals surface area (Å²) >= 11 is 0. The average molecular weight is 234 g/mol. The van der Waals surface area contributed by atoms with Gasteiger partial charge in [0.15, 0.2) is 0 Å². The fourth-order valence-corrected chi connectivity index (χ4v) is 2.20. The minimum Gasteiger partial charge on any atom is -0.341 e. The third-order valence-corrected chi connectivity index (χ3v) is 3.32. The predicted octanol–water partition coefficient (Wildman–Crippen LogP) is 1.60. The van der Waals surface area contributed by atoms with Gasteiger partial charge in [-0.3, -0.25) is 0 Å². The van der Waals surface area contributed by atoms with Crippen LogP contribution in [-0.4, -0.2) is 29.1 Å². The SMILES string of the molecule is CC(N)Cc1cnc(N2CCC(C)CC2)nc1. The standard InChI is InChI=1S/C13H22N4/c1-10-3-5-17(6-4-10)13-15-8-12(9-16-13)7-11(2)14/h8-11H,3-7,14H2,1-2H3. The maximum absolute atomic E-state index is 5.75. The van der Waals surface area contributed by atoms with Gasteiger partial charge in [-0.2, -0.15) is 0 Å². The van der Waals surface area contributed by atoms with Gasteiger partial charge >= 0.3 is 0 Å². The summed E-state index contributed by atoms with van der Waals surface area (Å²) in [6.45, 7) is 6.46. The van der Waals surface area contributed by atoms with E-state index in [9.17, 15) is 0 Å². The Labute approximate surface area is 103 Å². The molecule has 0 bridgehead atoms. The van der Waals surface area contributed by atoms with Crippen molar-refractivity contribution in [3.63, 3.8) is 0 Å². The number of nitrogens with zero attached hydrogens (tertiary/aromatic N) is 3. The lowest BCUT2D eigenvalue weighted by molar-refractivity contribution is 0.434. The predicted molar refractivity (Wildman–Crippen MR) is 70.0 cm³/mol. The number of nitrogens with two attached hydrogens (primary N) is 1. The summed E-state index contributed by atoms with van der Waals surface area (Å²) in [6, 6.07) is 0.167. The molecule has 2 heterocycles. The van der Waals surface area contributed by atoms with Crippen LogP contribution in [0.4, 0.5) is 5.95 Å². The Morgan fingerprint density at radius 3 is 2.47 bits per heavy atom. The summed E-state index contributed by atoms with van der Waals surface area (Å²) in [7, 11) is 0. The summed E-state index contributed by atoms with van der Waals surface area (Å²) in [5.74, 6) is 1.70. The van der Waals surface area contributed by atoms with Gasteiger partial charge < -0.3 is 10.6 Å². The van der Waals surface area contributed by atoms with Crippen LogP contribution >= 0.6 is 0 Å². The van der Waals surface area contributed by atoms with E-state index in [1.54, 1.807) is 0 Å². The third kappa shape index (κ3) is 3.40. The van der Waals surface area contributed by atoms with Crippen LogP contribution in [0.25, 0.3) is 0 Å². The molecule has 2 rings (SSSR count). The third-order valence-electron chi connectivity index (χ3n) is 3.32. The number of hydrogen-bond donors (Lipinski definition) is 1. The molecular formula is C13H22N4. The molecule has 0 radical (unpaired) electrons. The molecule has 2 N–H and O–H groups in total. The lowest BCUT2D eigenvalue weighted by Crippen LogP contribution is -2.34. The summed E-state index contributed by atoms with van der Waals surface area (Å²) in [5, 5.41) is 0. The minimum absolute atomic E-state index is 0.167. The Morgan fingerprint density at radius 2 is 1.94 bits per heavy atom. The van der Waals surface area contributed by atoms with Crippen LogP contribution in [0, 0.1) is 5.92 Å². The van der Waals surface area contributed by atoms with E-state index in [0.717, 1.165) is 36.9 Å². The lowest BCUT2D eigenvalue weighted by Gasteiger charge is -2.30. The number of anilines is 1. The van der Waals surface area contributed by atoms with E-state index in [0.29, 0.717) is 0 Å². The van der Waals surface area contributed by atoms with Crippen LogP contribution in [0.1, 0.15) is 32.3 Å². The second-order valence-corrected chi connectivity index (χ2v) is 5.24. The van der Waals surface area contributed by atoms with Crippen molar-refractivity contribution in [2.75, 3.05) is 18.0 Å². The topological polar surface area (TPSA) is 55.0 Å². The number of hydrogen-bond acceptors (Lipinski definition) is 4. The molecule has 94 valence electrons. The first-order valence-electron chi connectivity index (χ1n) is 6.46. The van der Waals surface area contributed by atoms with Crippen molar-refractivity contribution in [2.45, 2.75) is 39.2 Å². The average Bonchev–Trinajstić information content (AvgIpc) is 2.30. The lowest BCUT2D eigenvalue weighted by atomic mass is 10.00. The quantitative estimate of drug-likeness (QED) is 0.863. The highest BCUT2D eigenvalue weighted by Gasteiger charge is 2.17. The van der Waals surface area contributed by atoms with Crippen molar-refractivity contribution < 1.29 is 0 Å². The van der Waals surface area contributed by atoms with Crippen molar-refractivity contribution in [2.24, 2.45) is 11.7 Å². The van der Waals surface area contributed by atoms with Gasteiger partial charge in [0.1, 0.15) is 0 Å². The Hall–Kier alpha value is -1.16. The zero-order valence-electron chi connectivity index (χ0n) is 10.8. The highest BCUT2D eigenvalue weighted by atomic mass is 15.2. The first-order chi connectivity index (χ1) is 8.15. The van der Waals surface area contributed by atoms with Crippen LogP contribution in [0.2, 0.25) is 0 Å². The summed E-state index contributed by atoms with van der Waals surface area (Å²) < 4.78 is 0. The molecule has 1 fully saturated rings. The molecule has 1 unspecified atom stereocenters. The Morgan fingerprint density at radius 1 is 1.35 bits per heavy atom. The highest BCUT2D eigenvalue weighted by molar-refractivity contribution is 5.30. The molecule has 1 aromatic heterocycles. The van der Waals surface area contributed by atoms with Crippen molar-refractivity contribution in [1.82, 2.24) is 9.97 Å². The van der Waals surface area contributed by atoms with Gasteiger partial charge in [-0.05, 0) is 37.7 Å². The number of piperidine rings is 1. The van der Waals surface area contributed by atoms with E-state index in [2.05, 4.69) is 21.8 Å². The monoisotopic (exact) mass is 234 g/mol. The molecule has 0 spiro atoms. The second-order valence-electron chi connectivity index (χ2n) is 5.24. The van der Waals surface area contributed by atoms with Crippen LogP contribution in [0.3, 0.4) is 0 Å². The van der Waals surface area contributed by atoms with Gasteiger partial charge in [0, 0.05) is 31.5 Å². The summed E-state index contributed by atoms with van der Waals surface area (Å²) in [5.41, 5.74) is 6.87. The van der Waals surface area contributed by atoms with Crippen LogP contribution in [0.5, 0.6) is 0 Å². The van der Waals surface area contributed by atoms with Gasteiger partial charge in [-0.25, -0.2) is 9.97 Å². The van der Waals surface area contributed by atoms with E-state index < -0.39 is 0 Å². The molecule has 4 heteroatoms. The van der Waals surface area contributed by atoms with Crippen molar-refractivity contribution in [3.05, 3.63) is 18.0 Å². The molecule has 1 aliphatic heterocycles. The molecule has 1 atom stereocenters. The smallest absolute Gasteiger partial charge is 0.225 e. The van der Waals surface area contributed by atoms with Crippen LogP contribution in [-0.2, 0) is 6.42 Å². The van der Waals surface area contributed by atoms with E-state index >= 15 is 0 Å². The molecule has 1 saturated heterocycles. The van der Waals surface area contributed by atoms with Gasteiger partial charge in [0.05, 0.1) is 0 Å². The maximum atomic E-state index is 5.75. The minimum atomic E-state index is 0.167. The molecular weight excluding hydrogens is 212 g/mol. The largest absolute Gasteiger partial charge is 0.341 e. The van der Waals surface area contributed by atoms with E-state index in [4.69, 9.17) is 5.73 Å². The zero-order valence-corrected chi connectivity index (χ0v) is 10.8. The summed E-state index contributed by atoms with van der Waals surface area (Å²) in [4.78, 5) is 11.2.